The molecule has 1 unspecified atom stereocenters. The predicted octanol–water partition coefficient (Wildman–Crippen LogP) is 2.83. The van der Waals surface area contributed by atoms with Crippen LogP contribution < -0.4 is 5.32 Å². The SMILES string of the molecule is CC(Cn1ccnc1)NCC1CCCCCC1. The molecule has 0 spiro atoms. The number of imidazole rings is 1. The molecule has 0 bridgehead atoms. The molecule has 1 aliphatic rings. The molecule has 0 saturated heterocycles. The van der Waals surface area contributed by atoms with E-state index in [9.17, 15) is 0 Å². The van der Waals surface area contributed by atoms with Crippen molar-refractivity contribution in [3.8, 4) is 0 Å². The largest absolute Gasteiger partial charge is 0.336 e. The maximum Gasteiger partial charge on any atom is 0.0946 e. The molecule has 1 atom stereocenters. The highest BCUT2D eigenvalue weighted by molar-refractivity contribution is 4.77. The summed E-state index contributed by atoms with van der Waals surface area (Å²) in [6, 6.07) is 0.535. The average Bonchev–Trinajstić information content (AvgIpc) is 2.68. The zero-order valence-electron chi connectivity index (χ0n) is 10.9. The van der Waals surface area contributed by atoms with Gasteiger partial charge in [0.2, 0.25) is 0 Å². The van der Waals surface area contributed by atoms with E-state index in [1.807, 2.05) is 18.7 Å². The number of rotatable bonds is 5. The van der Waals surface area contributed by atoms with Crippen molar-refractivity contribution in [3.05, 3.63) is 18.7 Å². The Kier molecular flexibility index (Phi) is 5.05. The van der Waals surface area contributed by atoms with Crippen LogP contribution in [0.3, 0.4) is 0 Å². The molecule has 96 valence electrons. The molecule has 1 aromatic heterocycles. The van der Waals surface area contributed by atoms with E-state index in [1.165, 1.54) is 45.1 Å². The Morgan fingerprint density at radius 2 is 2.06 bits per heavy atom. The third kappa shape index (κ3) is 4.50. The van der Waals surface area contributed by atoms with Gasteiger partial charge in [-0.15, -0.1) is 0 Å². The summed E-state index contributed by atoms with van der Waals surface area (Å²) in [6.45, 7) is 4.47. The van der Waals surface area contributed by atoms with E-state index in [1.54, 1.807) is 0 Å². The minimum Gasteiger partial charge on any atom is -0.336 e. The van der Waals surface area contributed by atoms with Crippen molar-refractivity contribution < 1.29 is 0 Å². The topological polar surface area (TPSA) is 29.9 Å². The predicted molar refractivity (Wildman–Crippen MR) is 70.9 cm³/mol. The molecule has 1 heterocycles. The Hall–Kier alpha value is -0.830. The smallest absolute Gasteiger partial charge is 0.0946 e. The summed E-state index contributed by atoms with van der Waals surface area (Å²) in [5.74, 6) is 0.905. The van der Waals surface area contributed by atoms with Crippen molar-refractivity contribution in [1.82, 2.24) is 14.9 Å². The van der Waals surface area contributed by atoms with Crippen molar-refractivity contribution in [1.29, 1.82) is 0 Å². The lowest BCUT2D eigenvalue weighted by Crippen LogP contribution is -2.34. The Morgan fingerprint density at radius 1 is 1.29 bits per heavy atom. The highest BCUT2D eigenvalue weighted by Crippen LogP contribution is 2.22. The van der Waals surface area contributed by atoms with Gasteiger partial charge in [-0.25, -0.2) is 4.98 Å². The Balaban J connectivity index is 1.66. The van der Waals surface area contributed by atoms with E-state index >= 15 is 0 Å². The van der Waals surface area contributed by atoms with E-state index in [4.69, 9.17) is 0 Å². The maximum absolute atomic E-state index is 4.07. The van der Waals surface area contributed by atoms with Crippen molar-refractivity contribution in [3.63, 3.8) is 0 Å². The molecule has 0 radical (unpaired) electrons. The minimum atomic E-state index is 0.535. The molecule has 2 rings (SSSR count). The van der Waals surface area contributed by atoms with Gasteiger partial charge in [-0.3, -0.25) is 0 Å². The molecule has 0 amide bonds. The van der Waals surface area contributed by atoms with Crippen molar-refractivity contribution in [2.24, 2.45) is 5.92 Å². The third-order valence-corrected chi connectivity index (χ3v) is 3.77. The second-order valence-corrected chi connectivity index (χ2v) is 5.43. The fourth-order valence-electron chi connectivity index (χ4n) is 2.71. The van der Waals surface area contributed by atoms with Crippen LogP contribution in [0.25, 0.3) is 0 Å². The Morgan fingerprint density at radius 3 is 2.71 bits per heavy atom. The van der Waals surface area contributed by atoms with E-state index in [0.717, 1.165) is 12.5 Å². The van der Waals surface area contributed by atoms with Crippen LogP contribution in [0.4, 0.5) is 0 Å². The number of nitrogens with one attached hydrogen (secondary N) is 1. The number of hydrogen-bond donors (Lipinski definition) is 1. The molecule has 0 aliphatic heterocycles. The summed E-state index contributed by atoms with van der Waals surface area (Å²) in [4.78, 5) is 4.07. The van der Waals surface area contributed by atoms with Crippen molar-refractivity contribution in [2.45, 2.75) is 58.0 Å². The normalized spacial score (nSPS) is 20.1. The first kappa shape index (κ1) is 12.6. The van der Waals surface area contributed by atoms with Crippen molar-refractivity contribution in [2.75, 3.05) is 6.54 Å². The van der Waals surface area contributed by atoms with Crippen LogP contribution in [0.5, 0.6) is 0 Å². The quantitative estimate of drug-likeness (QED) is 0.795. The highest BCUT2D eigenvalue weighted by atomic mass is 15.1. The lowest BCUT2D eigenvalue weighted by Gasteiger charge is -2.19. The summed E-state index contributed by atoms with van der Waals surface area (Å²) >= 11 is 0. The lowest BCUT2D eigenvalue weighted by atomic mass is 10.0. The second-order valence-electron chi connectivity index (χ2n) is 5.43. The fourth-order valence-corrected chi connectivity index (χ4v) is 2.71. The fraction of sp³-hybridized carbons (Fsp3) is 0.786. The van der Waals surface area contributed by atoms with Gasteiger partial charge in [-0.05, 0) is 32.2 Å². The standard InChI is InChI=1S/C14H25N3/c1-13(11-17-9-8-15-12-17)16-10-14-6-4-2-3-5-7-14/h8-9,12-14,16H,2-7,10-11H2,1H3. The molecule has 0 aromatic carbocycles. The summed E-state index contributed by atoms with van der Waals surface area (Å²) < 4.78 is 2.14. The van der Waals surface area contributed by atoms with Crippen LogP contribution in [-0.4, -0.2) is 22.1 Å². The van der Waals surface area contributed by atoms with Gasteiger partial charge < -0.3 is 9.88 Å². The van der Waals surface area contributed by atoms with Gasteiger partial charge in [0.1, 0.15) is 0 Å². The molecule has 1 N–H and O–H groups in total. The summed E-state index contributed by atoms with van der Waals surface area (Å²) in [5, 5.41) is 3.67. The van der Waals surface area contributed by atoms with E-state index < -0.39 is 0 Å². The molecular weight excluding hydrogens is 210 g/mol. The first-order valence-electron chi connectivity index (χ1n) is 7.03. The summed E-state index contributed by atoms with van der Waals surface area (Å²) in [7, 11) is 0. The van der Waals surface area contributed by atoms with Gasteiger partial charge >= 0.3 is 0 Å². The van der Waals surface area contributed by atoms with E-state index in [2.05, 4.69) is 21.8 Å². The van der Waals surface area contributed by atoms with Crippen LogP contribution in [-0.2, 0) is 6.54 Å². The number of hydrogen-bond acceptors (Lipinski definition) is 2. The van der Waals surface area contributed by atoms with Gasteiger partial charge in [-0.2, -0.15) is 0 Å². The molecule has 1 fully saturated rings. The average molecular weight is 235 g/mol. The monoisotopic (exact) mass is 235 g/mol. The molecule has 1 aromatic rings. The number of aromatic nitrogens is 2. The first-order chi connectivity index (χ1) is 8.34. The summed E-state index contributed by atoms with van der Waals surface area (Å²) in [5.41, 5.74) is 0. The van der Waals surface area contributed by atoms with Gasteiger partial charge in [0.05, 0.1) is 6.33 Å². The van der Waals surface area contributed by atoms with Crippen LogP contribution in [0.2, 0.25) is 0 Å². The Bertz CT molecular complexity index is 286. The van der Waals surface area contributed by atoms with Crippen molar-refractivity contribution >= 4 is 0 Å². The van der Waals surface area contributed by atoms with Gasteiger partial charge in [0, 0.05) is 25.0 Å². The molecule has 1 aliphatic carbocycles. The zero-order valence-corrected chi connectivity index (χ0v) is 10.9. The van der Waals surface area contributed by atoms with Gasteiger partial charge in [0.25, 0.3) is 0 Å². The zero-order chi connectivity index (χ0) is 11.9. The van der Waals surface area contributed by atoms with Crippen LogP contribution in [0.15, 0.2) is 18.7 Å². The number of nitrogens with zero attached hydrogens (tertiary/aromatic N) is 2. The molecular formula is C14H25N3. The molecule has 3 heteroatoms. The molecule has 17 heavy (non-hydrogen) atoms. The maximum atomic E-state index is 4.07. The summed E-state index contributed by atoms with van der Waals surface area (Å²) in [6.07, 6.45) is 14.4. The molecule has 3 nitrogen and oxygen atoms in total. The van der Waals surface area contributed by atoms with Crippen LogP contribution in [0.1, 0.15) is 45.4 Å². The minimum absolute atomic E-state index is 0.535. The van der Waals surface area contributed by atoms with E-state index in [-0.39, 0.29) is 0 Å². The first-order valence-corrected chi connectivity index (χ1v) is 7.03. The lowest BCUT2D eigenvalue weighted by molar-refractivity contribution is 0.381. The highest BCUT2D eigenvalue weighted by Gasteiger charge is 2.13. The van der Waals surface area contributed by atoms with Crippen LogP contribution >= 0.6 is 0 Å². The van der Waals surface area contributed by atoms with Gasteiger partial charge in [-0.1, -0.05) is 25.7 Å². The van der Waals surface area contributed by atoms with Crippen LogP contribution in [0, 0.1) is 5.92 Å². The Labute approximate surface area is 105 Å². The third-order valence-electron chi connectivity index (χ3n) is 3.77. The van der Waals surface area contributed by atoms with E-state index in [0.29, 0.717) is 6.04 Å². The van der Waals surface area contributed by atoms with Gasteiger partial charge in [0.15, 0.2) is 0 Å². The molecule has 1 saturated carbocycles. The second kappa shape index (κ2) is 6.80.